The highest BCUT2D eigenvalue weighted by Gasteiger charge is 2.29. The van der Waals surface area contributed by atoms with E-state index in [1.54, 1.807) is 7.11 Å². The largest absolute Gasteiger partial charge is 0.456 e. The van der Waals surface area contributed by atoms with Gasteiger partial charge in [-0.05, 0) is 26.3 Å². The van der Waals surface area contributed by atoms with Gasteiger partial charge in [0.25, 0.3) is 5.91 Å². The highest BCUT2D eigenvalue weighted by molar-refractivity contribution is 5.93. The van der Waals surface area contributed by atoms with E-state index in [0.717, 1.165) is 30.8 Å². The fraction of sp³-hybridized carbons (Fsp3) is 0.667. The van der Waals surface area contributed by atoms with Crippen LogP contribution in [0, 0.1) is 19.8 Å². The summed E-state index contributed by atoms with van der Waals surface area (Å²) in [5.74, 6) is 1.66. The van der Waals surface area contributed by atoms with Gasteiger partial charge in [-0.25, -0.2) is 0 Å². The van der Waals surface area contributed by atoms with Crippen molar-refractivity contribution in [2.75, 3.05) is 40.0 Å². The number of carbonyl (C=O) groups excluding carboxylic acids is 1. The molecule has 0 aromatic carbocycles. The van der Waals surface area contributed by atoms with E-state index < -0.39 is 0 Å². The normalized spacial score (nSPS) is 18.8. The zero-order valence-electron chi connectivity index (χ0n) is 12.5. The van der Waals surface area contributed by atoms with Crippen LogP contribution >= 0.6 is 0 Å². The molecule has 1 aromatic heterocycles. The lowest BCUT2D eigenvalue weighted by atomic mass is 10.1. The van der Waals surface area contributed by atoms with E-state index in [0.29, 0.717) is 31.5 Å². The van der Waals surface area contributed by atoms with Crippen molar-refractivity contribution >= 4 is 5.91 Å². The van der Waals surface area contributed by atoms with Crippen molar-refractivity contribution < 1.29 is 18.7 Å². The Bertz CT molecular complexity index is 455. The minimum absolute atomic E-state index is 0.00464. The van der Waals surface area contributed by atoms with Gasteiger partial charge in [0, 0.05) is 31.7 Å². The molecule has 0 aliphatic carbocycles. The van der Waals surface area contributed by atoms with Crippen LogP contribution in [0.3, 0.4) is 0 Å². The number of hydrogen-bond donors (Lipinski definition) is 0. The van der Waals surface area contributed by atoms with Crippen LogP contribution in [0.2, 0.25) is 0 Å². The SMILES string of the molecule is COCCOCC1CCN(C(=O)c2oc(C)cc2C)C1. The molecule has 0 N–H and O–H groups in total. The Kier molecular flexibility index (Phi) is 5.20. The lowest BCUT2D eigenvalue weighted by Gasteiger charge is -2.15. The Hall–Kier alpha value is -1.33. The van der Waals surface area contributed by atoms with Crippen LogP contribution in [-0.2, 0) is 9.47 Å². The van der Waals surface area contributed by atoms with E-state index in [2.05, 4.69) is 0 Å². The zero-order valence-corrected chi connectivity index (χ0v) is 12.5. The summed E-state index contributed by atoms with van der Waals surface area (Å²) in [6.07, 6.45) is 0.984. The first-order chi connectivity index (χ1) is 9.61. The molecule has 0 bridgehead atoms. The minimum atomic E-state index is -0.00464. The molecular weight excluding hydrogens is 258 g/mol. The number of ether oxygens (including phenoxy) is 2. The Morgan fingerprint density at radius 3 is 2.90 bits per heavy atom. The molecule has 1 unspecified atom stereocenters. The van der Waals surface area contributed by atoms with Crippen LogP contribution in [0.25, 0.3) is 0 Å². The second-order valence-electron chi connectivity index (χ2n) is 5.34. The Morgan fingerprint density at radius 2 is 2.25 bits per heavy atom. The molecule has 1 saturated heterocycles. The summed E-state index contributed by atoms with van der Waals surface area (Å²) >= 11 is 0. The highest BCUT2D eigenvalue weighted by atomic mass is 16.5. The van der Waals surface area contributed by atoms with Crippen LogP contribution in [0.1, 0.15) is 28.3 Å². The van der Waals surface area contributed by atoms with Crippen LogP contribution in [0.4, 0.5) is 0 Å². The molecule has 1 aliphatic heterocycles. The molecule has 1 fully saturated rings. The smallest absolute Gasteiger partial charge is 0.289 e. The maximum absolute atomic E-state index is 12.4. The molecular formula is C15H23NO4. The van der Waals surface area contributed by atoms with E-state index in [4.69, 9.17) is 13.9 Å². The van der Waals surface area contributed by atoms with Gasteiger partial charge in [-0.15, -0.1) is 0 Å². The van der Waals surface area contributed by atoms with Gasteiger partial charge in [0.1, 0.15) is 5.76 Å². The summed E-state index contributed by atoms with van der Waals surface area (Å²) in [4.78, 5) is 14.2. The van der Waals surface area contributed by atoms with Crippen LogP contribution in [0.5, 0.6) is 0 Å². The zero-order chi connectivity index (χ0) is 14.5. The summed E-state index contributed by atoms with van der Waals surface area (Å²) in [7, 11) is 1.66. The molecule has 0 saturated carbocycles. The maximum atomic E-state index is 12.4. The summed E-state index contributed by atoms with van der Waals surface area (Å²) in [6.45, 7) is 7.19. The topological polar surface area (TPSA) is 51.9 Å². The molecule has 112 valence electrons. The number of carbonyl (C=O) groups is 1. The average molecular weight is 281 g/mol. The standard InChI is InChI=1S/C15H23NO4/c1-11-8-12(2)20-14(11)15(17)16-5-4-13(9-16)10-19-7-6-18-3/h8,13H,4-7,9-10H2,1-3H3. The molecule has 2 rings (SSSR count). The molecule has 5 heteroatoms. The Labute approximate surface area is 119 Å². The molecule has 20 heavy (non-hydrogen) atoms. The predicted molar refractivity (Wildman–Crippen MR) is 74.9 cm³/mol. The fourth-order valence-corrected chi connectivity index (χ4v) is 2.54. The fourth-order valence-electron chi connectivity index (χ4n) is 2.54. The van der Waals surface area contributed by atoms with Crippen LogP contribution in [0.15, 0.2) is 10.5 Å². The van der Waals surface area contributed by atoms with Crippen molar-refractivity contribution in [1.82, 2.24) is 4.90 Å². The molecule has 0 spiro atoms. The number of rotatable bonds is 6. The molecule has 2 heterocycles. The van der Waals surface area contributed by atoms with Crippen molar-refractivity contribution in [3.8, 4) is 0 Å². The third kappa shape index (κ3) is 3.61. The summed E-state index contributed by atoms with van der Waals surface area (Å²) in [5, 5.41) is 0. The Morgan fingerprint density at radius 1 is 1.45 bits per heavy atom. The van der Waals surface area contributed by atoms with Crippen LogP contribution < -0.4 is 0 Å². The van der Waals surface area contributed by atoms with Gasteiger partial charge in [0.15, 0.2) is 5.76 Å². The first-order valence-electron chi connectivity index (χ1n) is 7.04. The van der Waals surface area contributed by atoms with E-state index in [9.17, 15) is 4.79 Å². The summed E-state index contributed by atoms with van der Waals surface area (Å²) < 4.78 is 16.0. The predicted octanol–water partition coefficient (Wildman–Crippen LogP) is 2.02. The van der Waals surface area contributed by atoms with E-state index in [1.807, 2.05) is 24.8 Å². The Balaban J connectivity index is 1.83. The molecule has 1 atom stereocenters. The van der Waals surface area contributed by atoms with Gasteiger partial charge in [-0.3, -0.25) is 4.79 Å². The summed E-state index contributed by atoms with van der Waals surface area (Å²) in [5.41, 5.74) is 0.910. The summed E-state index contributed by atoms with van der Waals surface area (Å²) in [6, 6.07) is 1.90. The molecule has 1 aliphatic rings. The molecule has 0 radical (unpaired) electrons. The van der Waals surface area contributed by atoms with Gasteiger partial charge in [-0.1, -0.05) is 0 Å². The van der Waals surface area contributed by atoms with Crippen molar-refractivity contribution in [3.63, 3.8) is 0 Å². The molecule has 1 amide bonds. The minimum Gasteiger partial charge on any atom is -0.456 e. The number of amides is 1. The average Bonchev–Trinajstić information content (AvgIpc) is 3.01. The second kappa shape index (κ2) is 6.90. The van der Waals surface area contributed by atoms with Crippen molar-refractivity contribution in [3.05, 3.63) is 23.2 Å². The number of aryl methyl sites for hydroxylation is 2. The van der Waals surface area contributed by atoms with Gasteiger partial charge in [0.2, 0.25) is 0 Å². The van der Waals surface area contributed by atoms with E-state index in [-0.39, 0.29) is 5.91 Å². The lowest BCUT2D eigenvalue weighted by Crippen LogP contribution is -2.29. The van der Waals surface area contributed by atoms with Crippen molar-refractivity contribution in [2.45, 2.75) is 20.3 Å². The van der Waals surface area contributed by atoms with Gasteiger partial charge < -0.3 is 18.8 Å². The van der Waals surface area contributed by atoms with E-state index in [1.165, 1.54) is 0 Å². The van der Waals surface area contributed by atoms with Gasteiger partial charge in [0.05, 0.1) is 19.8 Å². The number of likely N-dealkylation sites (tertiary alicyclic amines) is 1. The monoisotopic (exact) mass is 281 g/mol. The lowest BCUT2D eigenvalue weighted by molar-refractivity contribution is 0.0512. The van der Waals surface area contributed by atoms with Crippen molar-refractivity contribution in [2.24, 2.45) is 5.92 Å². The molecule has 5 nitrogen and oxygen atoms in total. The second-order valence-corrected chi connectivity index (χ2v) is 5.34. The molecule has 1 aromatic rings. The maximum Gasteiger partial charge on any atom is 0.289 e. The first-order valence-corrected chi connectivity index (χ1v) is 7.04. The van der Waals surface area contributed by atoms with Crippen molar-refractivity contribution in [1.29, 1.82) is 0 Å². The third-order valence-corrected chi connectivity index (χ3v) is 3.59. The van der Waals surface area contributed by atoms with Gasteiger partial charge >= 0.3 is 0 Å². The van der Waals surface area contributed by atoms with Gasteiger partial charge in [-0.2, -0.15) is 0 Å². The highest BCUT2D eigenvalue weighted by Crippen LogP contribution is 2.22. The van der Waals surface area contributed by atoms with E-state index >= 15 is 0 Å². The number of methoxy groups -OCH3 is 1. The number of nitrogens with zero attached hydrogens (tertiary/aromatic N) is 1. The number of hydrogen-bond acceptors (Lipinski definition) is 4. The first kappa shape index (κ1) is 15.1. The number of furan rings is 1. The van der Waals surface area contributed by atoms with Crippen LogP contribution in [-0.4, -0.2) is 50.8 Å². The third-order valence-electron chi connectivity index (χ3n) is 3.59. The quantitative estimate of drug-likeness (QED) is 0.749.